The van der Waals surface area contributed by atoms with E-state index < -0.39 is 0 Å². The molecule has 0 spiro atoms. The molecule has 1 rings (SSSR count). The van der Waals surface area contributed by atoms with Gasteiger partial charge in [0.05, 0.1) is 0 Å². The maximum absolute atomic E-state index is 12.4. The van der Waals surface area contributed by atoms with E-state index in [9.17, 15) is 4.79 Å². The van der Waals surface area contributed by atoms with Crippen molar-refractivity contribution in [3.8, 4) is 0 Å². The first-order valence-electron chi connectivity index (χ1n) is 8.21. The van der Waals surface area contributed by atoms with Crippen molar-refractivity contribution in [1.82, 2.24) is 10.2 Å². The van der Waals surface area contributed by atoms with Crippen LogP contribution in [-0.4, -0.2) is 36.5 Å². The van der Waals surface area contributed by atoms with E-state index in [1.165, 1.54) is 6.42 Å². The lowest BCUT2D eigenvalue weighted by atomic mass is 9.80. The fourth-order valence-electron chi connectivity index (χ4n) is 2.56. The van der Waals surface area contributed by atoms with Gasteiger partial charge in [0.1, 0.15) is 0 Å². The summed E-state index contributed by atoms with van der Waals surface area (Å²) >= 11 is 0. The quantitative estimate of drug-likeness (QED) is 0.839. The summed E-state index contributed by atoms with van der Waals surface area (Å²) in [5.41, 5.74) is 0.212. The Kier molecular flexibility index (Phi) is 6.50. The Morgan fingerprint density at radius 1 is 1.30 bits per heavy atom. The van der Waals surface area contributed by atoms with Crippen molar-refractivity contribution in [2.24, 2.45) is 17.3 Å². The first-order valence-corrected chi connectivity index (χ1v) is 8.21. The molecule has 0 bridgehead atoms. The molecule has 0 aliphatic carbocycles. The molecule has 2 atom stereocenters. The smallest absolute Gasteiger partial charge is 0.222 e. The van der Waals surface area contributed by atoms with Gasteiger partial charge in [-0.05, 0) is 36.6 Å². The molecule has 20 heavy (non-hydrogen) atoms. The monoisotopic (exact) mass is 282 g/mol. The summed E-state index contributed by atoms with van der Waals surface area (Å²) in [5.74, 6) is 1.41. The second kappa shape index (κ2) is 7.44. The predicted octanol–water partition coefficient (Wildman–Crippen LogP) is 3.30. The van der Waals surface area contributed by atoms with E-state index >= 15 is 0 Å². The summed E-state index contributed by atoms with van der Waals surface area (Å²) in [6, 6.07) is 0.530. The Morgan fingerprint density at radius 2 is 1.95 bits per heavy atom. The fraction of sp³-hybridized carbons (Fsp3) is 0.941. The third-order valence-electron chi connectivity index (χ3n) is 4.65. The molecule has 3 heteroatoms. The van der Waals surface area contributed by atoms with Crippen molar-refractivity contribution >= 4 is 5.91 Å². The van der Waals surface area contributed by atoms with Gasteiger partial charge in [0.15, 0.2) is 0 Å². The first kappa shape index (κ1) is 17.5. The molecule has 1 aliphatic heterocycles. The summed E-state index contributed by atoms with van der Waals surface area (Å²) in [6.45, 7) is 16.1. The van der Waals surface area contributed by atoms with Gasteiger partial charge < -0.3 is 10.2 Å². The topological polar surface area (TPSA) is 32.3 Å². The lowest BCUT2D eigenvalue weighted by molar-refractivity contribution is -0.134. The van der Waals surface area contributed by atoms with Gasteiger partial charge in [-0.3, -0.25) is 4.79 Å². The number of hydrogen-bond acceptors (Lipinski definition) is 2. The zero-order valence-corrected chi connectivity index (χ0v) is 14.3. The maximum atomic E-state index is 12.4. The van der Waals surface area contributed by atoms with Gasteiger partial charge in [0, 0.05) is 25.6 Å². The van der Waals surface area contributed by atoms with Crippen molar-refractivity contribution in [2.75, 3.05) is 19.6 Å². The van der Waals surface area contributed by atoms with E-state index in [0.717, 1.165) is 26.1 Å². The normalized spacial score (nSPS) is 22.1. The molecule has 0 aromatic rings. The van der Waals surface area contributed by atoms with Gasteiger partial charge in [-0.1, -0.05) is 41.5 Å². The Morgan fingerprint density at radius 3 is 2.50 bits per heavy atom. The Balaban J connectivity index is 2.44. The standard InChI is InChI=1S/C17H34N2O/c1-13(2)18-11-15-8-7-9-19(12-15)16(20)10-14(3)17(4,5)6/h13-15,18H,7-12H2,1-6H3. The van der Waals surface area contributed by atoms with Crippen molar-refractivity contribution in [2.45, 2.75) is 66.8 Å². The van der Waals surface area contributed by atoms with Crippen molar-refractivity contribution in [1.29, 1.82) is 0 Å². The van der Waals surface area contributed by atoms with Gasteiger partial charge in [-0.25, -0.2) is 0 Å². The van der Waals surface area contributed by atoms with Crippen LogP contribution >= 0.6 is 0 Å². The molecule has 118 valence electrons. The van der Waals surface area contributed by atoms with Gasteiger partial charge >= 0.3 is 0 Å². The Labute approximate surface area is 125 Å². The summed E-state index contributed by atoms with van der Waals surface area (Å²) in [7, 11) is 0. The van der Waals surface area contributed by atoms with Crippen LogP contribution in [0.25, 0.3) is 0 Å². The second-order valence-electron chi connectivity index (χ2n) is 7.88. The van der Waals surface area contributed by atoms with Crippen LogP contribution in [0.15, 0.2) is 0 Å². The number of amides is 1. The molecule has 0 saturated carbocycles. The Hall–Kier alpha value is -0.570. The van der Waals surface area contributed by atoms with Gasteiger partial charge in [-0.2, -0.15) is 0 Å². The van der Waals surface area contributed by atoms with Crippen LogP contribution in [0.1, 0.15) is 60.8 Å². The van der Waals surface area contributed by atoms with Crippen molar-refractivity contribution in [3.05, 3.63) is 0 Å². The van der Waals surface area contributed by atoms with Gasteiger partial charge in [-0.15, -0.1) is 0 Å². The van der Waals surface area contributed by atoms with Crippen LogP contribution in [0.3, 0.4) is 0 Å². The summed E-state index contributed by atoms with van der Waals surface area (Å²) in [4.78, 5) is 14.5. The SMILES string of the molecule is CC(C)NCC1CCCN(C(=O)CC(C)C(C)(C)C)C1. The number of likely N-dealkylation sites (tertiary alicyclic amines) is 1. The zero-order valence-electron chi connectivity index (χ0n) is 14.3. The minimum absolute atomic E-state index is 0.212. The Bertz CT molecular complexity index is 307. The highest BCUT2D eigenvalue weighted by atomic mass is 16.2. The molecule has 3 nitrogen and oxygen atoms in total. The van der Waals surface area contributed by atoms with E-state index in [4.69, 9.17) is 0 Å². The summed E-state index contributed by atoms with van der Waals surface area (Å²) in [6.07, 6.45) is 3.09. The van der Waals surface area contributed by atoms with Crippen LogP contribution in [-0.2, 0) is 4.79 Å². The number of rotatable bonds is 5. The van der Waals surface area contributed by atoms with Gasteiger partial charge in [0.2, 0.25) is 5.91 Å². The van der Waals surface area contributed by atoms with Crippen LogP contribution < -0.4 is 5.32 Å². The molecule has 1 heterocycles. The van der Waals surface area contributed by atoms with E-state index in [1.807, 2.05) is 0 Å². The molecule has 2 unspecified atom stereocenters. The summed E-state index contributed by atoms with van der Waals surface area (Å²) < 4.78 is 0. The lowest BCUT2D eigenvalue weighted by Crippen LogP contribution is -2.44. The molecule has 1 saturated heterocycles. The average molecular weight is 282 g/mol. The molecule has 1 amide bonds. The lowest BCUT2D eigenvalue weighted by Gasteiger charge is -2.35. The third-order valence-corrected chi connectivity index (χ3v) is 4.65. The van der Waals surface area contributed by atoms with Crippen molar-refractivity contribution < 1.29 is 4.79 Å². The molecule has 0 radical (unpaired) electrons. The number of nitrogens with zero attached hydrogens (tertiary/aromatic N) is 1. The van der Waals surface area contributed by atoms with Crippen LogP contribution in [0, 0.1) is 17.3 Å². The molecular formula is C17H34N2O. The van der Waals surface area contributed by atoms with Crippen molar-refractivity contribution in [3.63, 3.8) is 0 Å². The molecule has 1 aliphatic rings. The molecule has 1 N–H and O–H groups in total. The largest absolute Gasteiger partial charge is 0.342 e. The van der Waals surface area contributed by atoms with Gasteiger partial charge in [0.25, 0.3) is 0 Å². The first-order chi connectivity index (χ1) is 9.20. The number of carbonyl (C=O) groups is 1. The van der Waals surface area contributed by atoms with E-state index in [-0.39, 0.29) is 5.41 Å². The molecular weight excluding hydrogens is 248 g/mol. The fourth-order valence-corrected chi connectivity index (χ4v) is 2.56. The predicted molar refractivity (Wildman–Crippen MR) is 85.7 cm³/mol. The van der Waals surface area contributed by atoms with Crippen LogP contribution in [0.4, 0.5) is 0 Å². The molecule has 0 aromatic carbocycles. The number of nitrogens with one attached hydrogen (secondary N) is 1. The molecule has 0 aromatic heterocycles. The maximum Gasteiger partial charge on any atom is 0.222 e. The van der Waals surface area contributed by atoms with E-state index in [0.29, 0.717) is 30.2 Å². The highest BCUT2D eigenvalue weighted by Gasteiger charge is 2.28. The van der Waals surface area contributed by atoms with E-state index in [1.54, 1.807) is 0 Å². The number of piperidine rings is 1. The average Bonchev–Trinajstić information content (AvgIpc) is 2.35. The van der Waals surface area contributed by atoms with Crippen LogP contribution in [0.5, 0.6) is 0 Å². The molecule has 1 fully saturated rings. The number of hydrogen-bond donors (Lipinski definition) is 1. The number of carbonyl (C=O) groups excluding carboxylic acids is 1. The van der Waals surface area contributed by atoms with E-state index in [2.05, 4.69) is 51.8 Å². The minimum atomic E-state index is 0.212. The highest BCUT2D eigenvalue weighted by Crippen LogP contribution is 2.29. The van der Waals surface area contributed by atoms with Crippen LogP contribution in [0.2, 0.25) is 0 Å². The summed E-state index contributed by atoms with van der Waals surface area (Å²) in [5, 5.41) is 3.50. The second-order valence-corrected chi connectivity index (χ2v) is 7.88. The third kappa shape index (κ3) is 5.82. The highest BCUT2D eigenvalue weighted by molar-refractivity contribution is 5.76. The zero-order chi connectivity index (χ0) is 15.3. The minimum Gasteiger partial charge on any atom is -0.342 e.